The van der Waals surface area contributed by atoms with Gasteiger partial charge in [0.2, 0.25) is 0 Å². The zero-order valence-electron chi connectivity index (χ0n) is 9.96. The first kappa shape index (κ1) is 12.0. The maximum absolute atomic E-state index is 5.36. The van der Waals surface area contributed by atoms with Crippen LogP contribution in [-0.2, 0) is 9.47 Å². The molecular weight excluding hydrogens is 192 g/mol. The fourth-order valence-corrected chi connectivity index (χ4v) is 1.79. The van der Waals surface area contributed by atoms with Crippen molar-refractivity contribution in [2.45, 2.75) is 20.1 Å². The lowest BCUT2D eigenvalue weighted by atomic mass is 10.1. The highest BCUT2D eigenvalue weighted by Gasteiger charge is 2.16. The van der Waals surface area contributed by atoms with Crippen LogP contribution in [0, 0.1) is 13.8 Å². The molecule has 0 radical (unpaired) electrons. The van der Waals surface area contributed by atoms with Gasteiger partial charge in [-0.25, -0.2) is 0 Å². The Hall–Kier alpha value is -1.06. The Bertz CT molecular complexity index is 330. The molecule has 1 rings (SSSR count). The first-order valence-electron chi connectivity index (χ1n) is 4.84. The number of rotatable bonds is 4. The summed E-state index contributed by atoms with van der Waals surface area (Å²) in [6.07, 6.45) is -0.376. The molecule has 0 aliphatic rings. The molecule has 0 saturated heterocycles. The molecule has 0 heterocycles. The minimum absolute atomic E-state index is 0.376. The third-order valence-corrected chi connectivity index (χ3v) is 2.33. The van der Waals surface area contributed by atoms with Gasteiger partial charge in [0.05, 0.1) is 12.7 Å². The molecule has 15 heavy (non-hydrogen) atoms. The molecule has 3 nitrogen and oxygen atoms in total. The predicted molar refractivity (Wildman–Crippen MR) is 59.2 cm³/mol. The maximum atomic E-state index is 5.36. The van der Waals surface area contributed by atoms with Gasteiger partial charge in [-0.05, 0) is 25.5 Å². The van der Waals surface area contributed by atoms with Crippen molar-refractivity contribution in [3.8, 4) is 5.75 Å². The largest absolute Gasteiger partial charge is 0.496 e. The van der Waals surface area contributed by atoms with E-state index in [4.69, 9.17) is 14.2 Å². The Labute approximate surface area is 91.0 Å². The van der Waals surface area contributed by atoms with Crippen LogP contribution in [0.3, 0.4) is 0 Å². The van der Waals surface area contributed by atoms with Crippen molar-refractivity contribution in [3.63, 3.8) is 0 Å². The predicted octanol–water partition coefficient (Wildman–Crippen LogP) is 2.60. The molecule has 1 aromatic carbocycles. The highest BCUT2D eigenvalue weighted by Crippen LogP contribution is 2.31. The first-order chi connectivity index (χ1) is 7.13. The van der Waals surface area contributed by atoms with Crippen LogP contribution >= 0.6 is 0 Å². The van der Waals surface area contributed by atoms with Gasteiger partial charge in [0.1, 0.15) is 5.75 Å². The van der Waals surface area contributed by atoms with Crippen molar-refractivity contribution in [2.24, 2.45) is 0 Å². The van der Waals surface area contributed by atoms with Gasteiger partial charge in [-0.1, -0.05) is 11.6 Å². The fourth-order valence-electron chi connectivity index (χ4n) is 1.79. The van der Waals surface area contributed by atoms with Gasteiger partial charge in [-0.15, -0.1) is 0 Å². The van der Waals surface area contributed by atoms with Crippen LogP contribution in [0.2, 0.25) is 0 Å². The van der Waals surface area contributed by atoms with Gasteiger partial charge < -0.3 is 14.2 Å². The Kier molecular flexibility index (Phi) is 4.12. The fraction of sp³-hybridized carbons (Fsp3) is 0.500. The molecule has 1 aromatic rings. The molecule has 0 unspecified atom stereocenters. The SMILES string of the molecule is COc1c(C)cc(C)cc1C(OC)OC. The molecule has 0 saturated carbocycles. The summed E-state index contributed by atoms with van der Waals surface area (Å²) in [6.45, 7) is 4.05. The van der Waals surface area contributed by atoms with Crippen molar-refractivity contribution in [2.75, 3.05) is 21.3 Å². The van der Waals surface area contributed by atoms with Crippen molar-refractivity contribution >= 4 is 0 Å². The summed E-state index contributed by atoms with van der Waals surface area (Å²) in [7, 11) is 4.89. The Morgan fingerprint density at radius 2 is 1.60 bits per heavy atom. The molecule has 0 spiro atoms. The van der Waals surface area contributed by atoms with Crippen LogP contribution < -0.4 is 4.74 Å². The summed E-state index contributed by atoms with van der Waals surface area (Å²) in [5.74, 6) is 0.828. The summed E-state index contributed by atoms with van der Waals surface area (Å²) >= 11 is 0. The van der Waals surface area contributed by atoms with Crippen LogP contribution in [0.4, 0.5) is 0 Å². The number of hydrogen-bond acceptors (Lipinski definition) is 3. The lowest BCUT2D eigenvalue weighted by Gasteiger charge is -2.19. The number of hydrogen-bond donors (Lipinski definition) is 0. The maximum Gasteiger partial charge on any atom is 0.186 e. The second-order valence-corrected chi connectivity index (χ2v) is 3.51. The molecule has 0 aromatic heterocycles. The standard InChI is InChI=1S/C12H18O3/c1-8-6-9(2)11(13-3)10(7-8)12(14-4)15-5/h6-7,12H,1-5H3. The molecule has 0 aliphatic heterocycles. The minimum atomic E-state index is -0.376. The van der Waals surface area contributed by atoms with Crippen LogP contribution in [0.15, 0.2) is 12.1 Å². The number of benzene rings is 1. The molecule has 3 heteroatoms. The van der Waals surface area contributed by atoms with E-state index in [0.717, 1.165) is 16.9 Å². The van der Waals surface area contributed by atoms with Gasteiger partial charge >= 0.3 is 0 Å². The molecule has 84 valence electrons. The average molecular weight is 210 g/mol. The second-order valence-electron chi connectivity index (χ2n) is 3.51. The van der Waals surface area contributed by atoms with Crippen LogP contribution in [0.25, 0.3) is 0 Å². The lowest BCUT2D eigenvalue weighted by molar-refractivity contribution is -0.107. The van der Waals surface area contributed by atoms with Gasteiger partial charge in [0.25, 0.3) is 0 Å². The van der Waals surface area contributed by atoms with E-state index in [9.17, 15) is 0 Å². The Morgan fingerprint density at radius 3 is 2.07 bits per heavy atom. The summed E-state index contributed by atoms with van der Waals surface area (Å²) in [5, 5.41) is 0. The quantitative estimate of drug-likeness (QED) is 0.715. The second kappa shape index (κ2) is 5.14. The number of aryl methyl sites for hydroxylation is 2. The number of ether oxygens (including phenoxy) is 3. The first-order valence-corrected chi connectivity index (χ1v) is 4.84. The van der Waals surface area contributed by atoms with Crippen LogP contribution in [0.1, 0.15) is 23.0 Å². The van der Waals surface area contributed by atoms with Crippen LogP contribution in [-0.4, -0.2) is 21.3 Å². The molecule has 0 N–H and O–H groups in total. The zero-order valence-corrected chi connectivity index (χ0v) is 9.96. The van der Waals surface area contributed by atoms with E-state index < -0.39 is 0 Å². The topological polar surface area (TPSA) is 27.7 Å². The van der Waals surface area contributed by atoms with Gasteiger partial charge in [-0.3, -0.25) is 0 Å². The van der Waals surface area contributed by atoms with Gasteiger partial charge in [0.15, 0.2) is 6.29 Å². The zero-order chi connectivity index (χ0) is 11.4. The average Bonchev–Trinajstić information content (AvgIpc) is 2.19. The van der Waals surface area contributed by atoms with Gasteiger partial charge in [-0.2, -0.15) is 0 Å². The van der Waals surface area contributed by atoms with Crippen LogP contribution in [0.5, 0.6) is 5.75 Å². The highest BCUT2D eigenvalue weighted by molar-refractivity contribution is 5.44. The number of methoxy groups -OCH3 is 3. The Balaban J connectivity index is 3.24. The molecular formula is C12H18O3. The molecule has 0 atom stereocenters. The van der Waals surface area contributed by atoms with Crippen molar-refractivity contribution in [1.29, 1.82) is 0 Å². The van der Waals surface area contributed by atoms with E-state index in [-0.39, 0.29) is 6.29 Å². The summed E-state index contributed by atoms with van der Waals surface area (Å²) in [4.78, 5) is 0. The minimum Gasteiger partial charge on any atom is -0.496 e. The van der Waals surface area contributed by atoms with E-state index in [1.165, 1.54) is 5.56 Å². The van der Waals surface area contributed by atoms with Crippen molar-refractivity contribution in [1.82, 2.24) is 0 Å². The Morgan fingerprint density at radius 1 is 1.00 bits per heavy atom. The summed E-state index contributed by atoms with van der Waals surface area (Å²) in [6, 6.07) is 4.09. The van der Waals surface area contributed by atoms with E-state index in [0.29, 0.717) is 0 Å². The summed E-state index contributed by atoms with van der Waals surface area (Å²) < 4.78 is 15.8. The van der Waals surface area contributed by atoms with Gasteiger partial charge in [0, 0.05) is 14.2 Å². The van der Waals surface area contributed by atoms with Crippen molar-refractivity contribution in [3.05, 3.63) is 28.8 Å². The van der Waals surface area contributed by atoms with E-state index in [2.05, 4.69) is 6.07 Å². The molecule has 0 bridgehead atoms. The third-order valence-electron chi connectivity index (χ3n) is 2.33. The third kappa shape index (κ3) is 2.49. The smallest absolute Gasteiger partial charge is 0.186 e. The highest BCUT2D eigenvalue weighted by atomic mass is 16.7. The molecule has 0 fully saturated rings. The van der Waals surface area contributed by atoms with E-state index >= 15 is 0 Å². The lowest BCUT2D eigenvalue weighted by Crippen LogP contribution is -2.07. The normalized spacial score (nSPS) is 10.8. The summed E-state index contributed by atoms with van der Waals surface area (Å²) in [5.41, 5.74) is 3.19. The molecule has 0 amide bonds. The van der Waals surface area contributed by atoms with E-state index in [1.54, 1.807) is 21.3 Å². The van der Waals surface area contributed by atoms with E-state index in [1.807, 2.05) is 19.9 Å². The monoisotopic (exact) mass is 210 g/mol. The molecule has 0 aliphatic carbocycles. The van der Waals surface area contributed by atoms with Crippen molar-refractivity contribution < 1.29 is 14.2 Å².